The molecule has 0 aromatic heterocycles. The summed E-state index contributed by atoms with van der Waals surface area (Å²) in [5, 5.41) is 13.0. The number of ether oxygens (including phenoxy) is 2. The van der Waals surface area contributed by atoms with E-state index in [-0.39, 0.29) is 6.10 Å². The Kier molecular flexibility index (Phi) is 6.23. The summed E-state index contributed by atoms with van der Waals surface area (Å²) in [5.41, 5.74) is 0. The summed E-state index contributed by atoms with van der Waals surface area (Å²) < 4.78 is 10.4. The van der Waals surface area contributed by atoms with Crippen LogP contribution in [0, 0.1) is 0 Å². The van der Waals surface area contributed by atoms with Gasteiger partial charge in [0.2, 0.25) is 0 Å². The monoisotopic (exact) mass is 232 g/mol. The zero-order valence-corrected chi connectivity index (χ0v) is 10.5. The molecule has 1 saturated heterocycles. The van der Waals surface area contributed by atoms with E-state index in [4.69, 9.17) is 9.47 Å². The molecule has 0 saturated carbocycles. The van der Waals surface area contributed by atoms with E-state index in [0.717, 1.165) is 13.1 Å². The molecule has 0 aliphatic carbocycles. The van der Waals surface area contributed by atoms with Gasteiger partial charge in [0.15, 0.2) is 0 Å². The van der Waals surface area contributed by atoms with E-state index in [1.54, 1.807) is 7.11 Å². The van der Waals surface area contributed by atoms with Crippen LogP contribution in [0.3, 0.4) is 0 Å². The van der Waals surface area contributed by atoms with Gasteiger partial charge in [0, 0.05) is 32.8 Å². The van der Waals surface area contributed by atoms with Gasteiger partial charge in [-0.05, 0) is 14.0 Å². The summed E-state index contributed by atoms with van der Waals surface area (Å²) in [5.74, 6) is 0. The Labute approximate surface area is 97.7 Å². The molecule has 1 rings (SSSR count). The Morgan fingerprint density at radius 3 is 2.62 bits per heavy atom. The third-order valence-electron chi connectivity index (χ3n) is 2.86. The maximum atomic E-state index is 9.78. The van der Waals surface area contributed by atoms with Crippen LogP contribution < -0.4 is 5.32 Å². The van der Waals surface area contributed by atoms with Crippen molar-refractivity contribution in [3.05, 3.63) is 0 Å². The number of hydrogen-bond acceptors (Lipinski definition) is 5. The van der Waals surface area contributed by atoms with Gasteiger partial charge in [0.25, 0.3) is 0 Å². The van der Waals surface area contributed by atoms with Crippen molar-refractivity contribution in [3.8, 4) is 0 Å². The van der Waals surface area contributed by atoms with E-state index in [1.165, 1.54) is 0 Å². The number of nitrogens with one attached hydrogen (secondary N) is 1. The largest absolute Gasteiger partial charge is 0.389 e. The van der Waals surface area contributed by atoms with Gasteiger partial charge in [-0.1, -0.05) is 0 Å². The lowest BCUT2D eigenvalue weighted by molar-refractivity contribution is -0.0420. The Hall–Kier alpha value is -0.200. The minimum atomic E-state index is -0.426. The Morgan fingerprint density at radius 1 is 1.44 bits per heavy atom. The Bertz CT molecular complexity index is 188. The van der Waals surface area contributed by atoms with Gasteiger partial charge in [-0.3, -0.25) is 4.90 Å². The molecule has 0 amide bonds. The first-order valence-electron chi connectivity index (χ1n) is 5.83. The van der Waals surface area contributed by atoms with Crippen LogP contribution in [0.1, 0.15) is 6.92 Å². The predicted molar refractivity (Wildman–Crippen MR) is 62.6 cm³/mol. The zero-order chi connectivity index (χ0) is 12.0. The van der Waals surface area contributed by atoms with Gasteiger partial charge in [-0.25, -0.2) is 0 Å². The maximum Gasteiger partial charge on any atom is 0.0900 e. The van der Waals surface area contributed by atoms with Crippen molar-refractivity contribution in [1.29, 1.82) is 0 Å². The van der Waals surface area contributed by atoms with E-state index in [1.807, 2.05) is 14.0 Å². The molecule has 16 heavy (non-hydrogen) atoms. The Balaban J connectivity index is 2.07. The zero-order valence-electron chi connectivity index (χ0n) is 10.5. The van der Waals surface area contributed by atoms with Crippen LogP contribution in [0.5, 0.6) is 0 Å². The molecule has 1 aliphatic heterocycles. The topological polar surface area (TPSA) is 54.0 Å². The van der Waals surface area contributed by atoms with Crippen LogP contribution in [0.25, 0.3) is 0 Å². The first kappa shape index (κ1) is 13.9. The highest BCUT2D eigenvalue weighted by Crippen LogP contribution is 2.03. The number of aliphatic hydroxyl groups is 1. The van der Waals surface area contributed by atoms with Crippen molar-refractivity contribution in [1.82, 2.24) is 10.2 Å². The van der Waals surface area contributed by atoms with Crippen LogP contribution in [0.15, 0.2) is 0 Å². The van der Waals surface area contributed by atoms with Crippen LogP contribution in [-0.4, -0.2) is 75.3 Å². The highest BCUT2D eigenvalue weighted by molar-refractivity contribution is 4.83. The van der Waals surface area contributed by atoms with Gasteiger partial charge < -0.3 is 19.9 Å². The molecule has 1 heterocycles. The molecule has 2 unspecified atom stereocenters. The van der Waals surface area contributed by atoms with Gasteiger partial charge in [0.1, 0.15) is 0 Å². The van der Waals surface area contributed by atoms with E-state index in [9.17, 15) is 5.11 Å². The van der Waals surface area contributed by atoms with Gasteiger partial charge in [0.05, 0.1) is 25.4 Å². The van der Waals surface area contributed by atoms with Gasteiger partial charge >= 0.3 is 0 Å². The normalized spacial score (nSPS) is 20.8. The van der Waals surface area contributed by atoms with Crippen LogP contribution >= 0.6 is 0 Å². The molecule has 2 N–H and O–H groups in total. The first-order chi connectivity index (χ1) is 7.63. The Morgan fingerprint density at radius 2 is 2.12 bits per heavy atom. The molecule has 1 aliphatic rings. The summed E-state index contributed by atoms with van der Waals surface area (Å²) in [6, 6.07) is 0.561. The maximum absolute atomic E-state index is 9.78. The number of hydrogen-bond donors (Lipinski definition) is 2. The van der Waals surface area contributed by atoms with E-state index in [0.29, 0.717) is 25.8 Å². The van der Waals surface area contributed by atoms with Crippen molar-refractivity contribution in [2.24, 2.45) is 0 Å². The van der Waals surface area contributed by atoms with Crippen LogP contribution in [0.2, 0.25) is 0 Å². The number of nitrogens with zero attached hydrogens (tertiary/aromatic N) is 1. The number of likely N-dealkylation sites (N-methyl/N-ethyl adjacent to an activating group) is 1. The second-order valence-electron chi connectivity index (χ2n) is 4.50. The number of methoxy groups -OCH3 is 1. The average Bonchev–Trinajstić information content (AvgIpc) is 2.12. The van der Waals surface area contributed by atoms with Gasteiger partial charge in [-0.15, -0.1) is 0 Å². The van der Waals surface area contributed by atoms with Crippen molar-refractivity contribution >= 4 is 0 Å². The quantitative estimate of drug-likeness (QED) is 0.580. The predicted octanol–water partition coefficient (Wildman–Crippen LogP) is -0.698. The van der Waals surface area contributed by atoms with E-state index in [2.05, 4.69) is 10.2 Å². The second-order valence-corrected chi connectivity index (χ2v) is 4.50. The molecular weight excluding hydrogens is 208 g/mol. The molecule has 96 valence electrons. The summed E-state index contributed by atoms with van der Waals surface area (Å²) >= 11 is 0. The highest BCUT2D eigenvalue weighted by Gasteiger charge is 2.23. The van der Waals surface area contributed by atoms with E-state index >= 15 is 0 Å². The third kappa shape index (κ3) is 4.76. The van der Waals surface area contributed by atoms with Crippen molar-refractivity contribution in [2.45, 2.75) is 25.2 Å². The van der Waals surface area contributed by atoms with Crippen molar-refractivity contribution < 1.29 is 14.6 Å². The minimum absolute atomic E-state index is 0.0373. The fourth-order valence-corrected chi connectivity index (χ4v) is 1.68. The lowest BCUT2D eigenvalue weighted by atomic mass is 10.1. The fourth-order valence-electron chi connectivity index (χ4n) is 1.68. The summed E-state index contributed by atoms with van der Waals surface area (Å²) in [4.78, 5) is 2.17. The molecule has 0 aromatic rings. The van der Waals surface area contributed by atoms with Crippen molar-refractivity contribution in [2.75, 3.05) is 47.0 Å². The fraction of sp³-hybridized carbons (Fsp3) is 1.00. The SMILES string of the molecule is COCC(C)OCC(O)CN(C)C1CNC1. The average molecular weight is 232 g/mol. The lowest BCUT2D eigenvalue weighted by Gasteiger charge is -2.36. The second kappa shape index (κ2) is 7.19. The summed E-state index contributed by atoms with van der Waals surface area (Å²) in [6.07, 6.45) is -0.389. The molecule has 2 atom stereocenters. The van der Waals surface area contributed by atoms with Crippen molar-refractivity contribution in [3.63, 3.8) is 0 Å². The molecular formula is C11H24N2O3. The minimum Gasteiger partial charge on any atom is -0.389 e. The number of aliphatic hydroxyl groups excluding tert-OH is 1. The summed E-state index contributed by atoms with van der Waals surface area (Å²) in [6.45, 7) is 5.57. The molecule has 0 spiro atoms. The molecule has 0 aromatic carbocycles. The van der Waals surface area contributed by atoms with Gasteiger partial charge in [-0.2, -0.15) is 0 Å². The third-order valence-corrected chi connectivity index (χ3v) is 2.86. The number of rotatable bonds is 8. The van der Waals surface area contributed by atoms with Crippen LogP contribution in [-0.2, 0) is 9.47 Å². The molecule has 0 bridgehead atoms. The summed E-state index contributed by atoms with van der Waals surface area (Å²) in [7, 11) is 3.68. The molecule has 5 heteroatoms. The lowest BCUT2D eigenvalue weighted by Crippen LogP contribution is -2.57. The standard InChI is InChI=1S/C11H24N2O3/c1-9(7-15-3)16-8-11(14)6-13(2)10-4-12-5-10/h9-12,14H,4-8H2,1-3H3. The first-order valence-corrected chi connectivity index (χ1v) is 5.83. The molecule has 5 nitrogen and oxygen atoms in total. The smallest absolute Gasteiger partial charge is 0.0900 e. The van der Waals surface area contributed by atoms with Crippen LogP contribution in [0.4, 0.5) is 0 Å². The molecule has 1 fully saturated rings. The molecule has 0 radical (unpaired) electrons. The highest BCUT2D eigenvalue weighted by atomic mass is 16.5. The van der Waals surface area contributed by atoms with E-state index < -0.39 is 6.10 Å².